The maximum absolute atomic E-state index is 14.7. The maximum atomic E-state index is 14.7. The fraction of sp³-hybridized carbons (Fsp3) is 0.606. The van der Waals surface area contributed by atoms with Crippen molar-refractivity contribution >= 4 is 35.2 Å². The third-order valence-electron chi connectivity index (χ3n) is 9.65. The quantitative estimate of drug-likeness (QED) is 0.316. The van der Waals surface area contributed by atoms with Crippen LogP contribution in [0, 0.1) is 17.8 Å². The van der Waals surface area contributed by atoms with Crippen LogP contribution in [0.1, 0.15) is 59.8 Å². The molecule has 7 atom stereocenters. The lowest BCUT2D eigenvalue weighted by atomic mass is 9.66. The van der Waals surface area contributed by atoms with Gasteiger partial charge in [-0.15, -0.1) is 24.9 Å². The van der Waals surface area contributed by atoms with Gasteiger partial charge >= 0.3 is 0 Å². The highest BCUT2D eigenvalue weighted by molar-refractivity contribution is 8.02. The fourth-order valence-corrected chi connectivity index (χ4v) is 9.72. The Morgan fingerprint density at radius 3 is 2.41 bits per heavy atom. The standard InChI is InChI=1S/C33H47N3O4S/c1-7-11-21-34(19-8-2)31(40)28-33-18-17-32(6,41-33)26(27(33)30(39)36(28)25(22-37)23(5)10-4)29(38)35(20-9-3)24-15-13-12-14-16-24/h8-9,12-16,23,25-28,37H,2-3,7,10-11,17-22H2,1,4-6H3/t23-,25-,26+,27-,28?,32-,33?/m0/s1. The molecule has 3 amide bonds. The number of nitrogens with zero attached hydrogens (tertiary/aromatic N) is 3. The minimum atomic E-state index is -0.739. The van der Waals surface area contributed by atoms with Crippen LogP contribution in [0.15, 0.2) is 55.6 Å². The molecule has 4 rings (SSSR count). The number of unbranched alkanes of at least 4 members (excludes halogenated alkanes) is 1. The van der Waals surface area contributed by atoms with Gasteiger partial charge in [0, 0.05) is 30.1 Å². The van der Waals surface area contributed by atoms with Crippen LogP contribution in [-0.2, 0) is 14.4 Å². The first-order chi connectivity index (χ1) is 19.6. The molecule has 3 saturated heterocycles. The second-order valence-electron chi connectivity index (χ2n) is 12.1. The second-order valence-corrected chi connectivity index (χ2v) is 14.0. The SMILES string of the molecule is C=CCN(CCCC)C(=O)C1N([C@@H](CO)[C@@H](C)CC)C(=O)[C@@H]2[C@H](C(=O)N(CC=C)c3ccccc3)[C@]3(C)CCC12S3. The van der Waals surface area contributed by atoms with Crippen molar-refractivity contribution in [3.05, 3.63) is 55.6 Å². The van der Waals surface area contributed by atoms with Crippen molar-refractivity contribution in [3.63, 3.8) is 0 Å². The molecule has 0 radical (unpaired) electrons. The summed E-state index contributed by atoms with van der Waals surface area (Å²) in [5.74, 6) is -1.60. The molecule has 224 valence electrons. The summed E-state index contributed by atoms with van der Waals surface area (Å²) in [4.78, 5) is 49.1. The van der Waals surface area contributed by atoms with Gasteiger partial charge in [0.15, 0.2) is 0 Å². The van der Waals surface area contributed by atoms with Gasteiger partial charge in [0.2, 0.25) is 17.7 Å². The Labute approximate surface area is 250 Å². The normalized spacial score (nSPS) is 29.6. The van der Waals surface area contributed by atoms with Gasteiger partial charge in [-0.3, -0.25) is 14.4 Å². The van der Waals surface area contributed by atoms with Crippen LogP contribution in [0.5, 0.6) is 0 Å². The largest absolute Gasteiger partial charge is 0.394 e. The Balaban J connectivity index is 1.84. The topological polar surface area (TPSA) is 81.2 Å². The number of likely N-dealkylation sites (tertiary alicyclic amines) is 1. The van der Waals surface area contributed by atoms with E-state index in [1.807, 2.05) is 49.1 Å². The highest BCUT2D eigenvalue weighted by Gasteiger charge is 2.78. The van der Waals surface area contributed by atoms with E-state index in [0.29, 0.717) is 26.1 Å². The first kappa shape index (κ1) is 31.4. The van der Waals surface area contributed by atoms with E-state index in [2.05, 4.69) is 27.0 Å². The molecule has 1 spiro atoms. The van der Waals surface area contributed by atoms with E-state index in [0.717, 1.165) is 31.4 Å². The van der Waals surface area contributed by atoms with Crippen LogP contribution >= 0.6 is 11.8 Å². The number of fused-ring (bicyclic) bond motifs is 1. The molecule has 41 heavy (non-hydrogen) atoms. The van der Waals surface area contributed by atoms with Gasteiger partial charge < -0.3 is 19.8 Å². The number of anilines is 1. The van der Waals surface area contributed by atoms with Gasteiger partial charge in [0.1, 0.15) is 6.04 Å². The third-order valence-corrected chi connectivity index (χ3v) is 11.6. The van der Waals surface area contributed by atoms with E-state index in [1.165, 1.54) is 0 Å². The molecule has 2 unspecified atom stereocenters. The number of aliphatic hydroxyl groups excluding tert-OH is 1. The van der Waals surface area contributed by atoms with Gasteiger partial charge in [-0.05, 0) is 44.2 Å². The molecule has 7 nitrogen and oxygen atoms in total. The van der Waals surface area contributed by atoms with E-state index in [-0.39, 0.29) is 30.2 Å². The smallest absolute Gasteiger partial charge is 0.247 e. The van der Waals surface area contributed by atoms with Crippen LogP contribution in [0.2, 0.25) is 0 Å². The fourth-order valence-electron chi connectivity index (χ4n) is 7.39. The zero-order chi connectivity index (χ0) is 29.9. The first-order valence-corrected chi connectivity index (χ1v) is 16.0. The molecule has 3 aliphatic rings. The van der Waals surface area contributed by atoms with Crippen molar-refractivity contribution < 1.29 is 19.5 Å². The number of hydrogen-bond donors (Lipinski definition) is 1. The molecule has 3 heterocycles. The van der Waals surface area contributed by atoms with Gasteiger partial charge in [-0.1, -0.05) is 64.0 Å². The van der Waals surface area contributed by atoms with Gasteiger partial charge in [0.25, 0.3) is 0 Å². The summed E-state index contributed by atoms with van der Waals surface area (Å²) in [5.41, 5.74) is 0.766. The molecule has 2 bridgehead atoms. The number of carbonyl (C=O) groups excluding carboxylic acids is 3. The monoisotopic (exact) mass is 581 g/mol. The summed E-state index contributed by atoms with van der Waals surface area (Å²) in [6.45, 7) is 17.1. The van der Waals surface area contributed by atoms with E-state index in [9.17, 15) is 19.5 Å². The predicted molar refractivity (Wildman–Crippen MR) is 167 cm³/mol. The van der Waals surface area contributed by atoms with Crippen molar-refractivity contribution in [2.24, 2.45) is 17.8 Å². The highest BCUT2D eigenvalue weighted by atomic mass is 32.2. The number of hydrogen-bond acceptors (Lipinski definition) is 5. The maximum Gasteiger partial charge on any atom is 0.247 e. The van der Waals surface area contributed by atoms with Crippen LogP contribution in [0.25, 0.3) is 0 Å². The van der Waals surface area contributed by atoms with E-state index in [1.54, 1.807) is 33.7 Å². The number of amides is 3. The van der Waals surface area contributed by atoms with Crippen molar-refractivity contribution in [2.45, 2.75) is 81.4 Å². The zero-order valence-corrected chi connectivity index (χ0v) is 25.9. The third kappa shape index (κ3) is 5.27. The van der Waals surface area contributed by atoms with Gasteiger partial charge in [0.05, 0.1) is 29.2 Å². The van der Waals surface area contributed by atoms with Crippen LogP contribution in [-0.4, -0.2) is 80.4 Å². The Hall–Kier alpha value is -2.58. The van der Waals surface area contributed by atoms with E-state index in [4.69, 9.17) is 0 Å². The lowest BCUT2D eigenvalue weighted by molar-refractivity contribution is -0.147. The molecule has 8 heteroatoms. The molecular weight excluding hydrogens is 534 g/mol. The minimum absolute atomic E-state index is 0.00788. The predicted octanol–water partition coefficient (Wildman–Crippen LogP) is 4.91. The zero-order valence-electron chi connectivity index (χ0n) is 25.1. The number of rotatable bonds is 14. The van der Waals surface area contributed by atoms with Crippen LogP contribution in [0.4, 0.5) is 5.69 Å². The van der Waals surface area contributed by atoms with E-state index >= 15 is 0 Å². The van der Waals surface area contributed by atoms with Gasteiger partial charge in [-0.25, -0.2) is 0 Å². The molecule has 1 aromatic carbocycles. The molecule has 1 aromatic rings. The summed E-state index contributed by atoms with van der Waals surface area (Å²) in [5, 5.41) is 10.6. The highest BCUT2D eigenvalue weighted by Crippen LogP contribution is 2.72. The summed E-state index contributed by atoms with van der Waals surface area (Å²) in [7, 11) is 0. The summed E-state index contributed by atoms with van der Waals surface area (Å²) in [6, 6.07) is 8.28. The number of carbonyl (C=O) groups is 3. The average Bonchev–Trinajstić information content (AvgIpc) is 3.54. The summed E-state index contributed by atoms with van der Waals surface area (Å²) < 4.78 is -1.21. The number of aliphatic hydroxyl groups is 1. The van der Waals surface area contributed by atoms with Crippen LogP contribution in [0.3, 0.4) is 0 Å². The first-order valence-electron chi connectivity index (χ1n) is 15.2. The summed E-state index contributed by atoms with van der Waals surface area (Å²) in [6.07, 6.45) is 7.43. The number of para-hydroxylation sites is 1. The minimum Gasteiger partial charge on any atom is -0.394 e. The average molecular weight is 582 g/mol. The lowest BCUT2D eigenvalue weighted by Crippen LogP contribution is -2.58. The molecule has 3 fully saturated rings. The molecular formula is C33H47N3O4S. The molecule has 0 aliphatic carbocycles. The van der Waals surface area contributed by atoms with Gasteiger partial charge in [-0.2, -0.15) is 0 Å². The lowest BCUT2D eigenvalue weighted by Gasteiger charge is -2.41. The molecule has 0 saturated carbocycles. The van der Waals surface area contributed by atoms with Crippen molar-refractivity contribution in [1.29, 1.82) is 0 Å². The Kier molecular flexibility index (Phi) is 9.74. The van der Waals surface area contributed by atoms with Crippen molar-refractivity contribution in [3.8, 4) is 0 Å². The second kappa shape index (κ2) is 12.7. The Bertz CT molecular complexity index is 1140. The Morgan fingerprint density at radius 1 is 1.15 bits per heavy atom. The van der Waals surface area contributed by atoms with Crippen molar-refractivity contribution in [1.82, 2.24) is 9.80 Å². The van der Waals surface area contributed by atoms with E-state index < -0.39 is 33.4 Å². The number of benzene rings is 1. The molecule has 1 N–H and O–H groups in total. The molecule has 0 aromatic heterocycles. The molecule has 3 aliphatic heterocycles. The van der Waals surface area contributed by atoms with Crippen molar-refractivity contribution in [2.75, 3.05) is 31.1 Å². The summed E-state index contributed by atoms with van der Waals surface area (Å²) >= 11 is 1.68. The van der Waals surface area contributed by atoms with Crippen LogP contribution < -0.4 is 4.90 Å². The Morgan fingerprint density at radius 2 is 1.83 bits per heavy atom. The number of thioether (sulfide) groups is 1.